The number of aryl methyl sites for hydroxylation is 1. The van der Waals surface area contributed by atoms with Crippen molar-refractivity contribution in [1.82, 2.24) is 10.2 Å². The zero-order valence-corrected chi connectivity index (χ0v) is 12.9. The Morgan fingerprint density at radius 2 is 2.10 bits per heavy atom. The number of benzene rings is 1. The largest absolute Gasteiger partial charge is 0.377 e. The molecule has 1 aromatic rings. The fourth-order valence-corrected chi connectivity index (χ4v) is 2.53. The standard InChI is InChI=1S/C16H24N2O2/c1-11-7-6-8-13(9-11)14-17-12(2)15(19)18(14)10-16(3,4)20-5/h6-9,12,14,17H,10H2,1-5H3. The first-order valence-corrected chi connectivity index (χ1v) is 7.02. The Labute approximate surface area is 121 Å². The average Bonchev–Trinajstić information content (AvgIpc) is 2.67. The Hall–Kier alpha value is -1.39. The molecule has 4 nitrogen and oxygen atoms in total. The van der Waals surface area contributed by atoms with Gasteiger partial charge in [0.15, 0.2) is 0 Å². The van der Waals surface area contributed by atoms with Crippen LogP contribution in [0, 0.1) is 6.92 Å². The van der Waals surface area contributed by atoms with E-state index in [9.17, 15) is 4.79 Å². The Balaban J connectivity index is 2.28. The molecule has 1 fully saturated rings. The van der Waals surface area contributed by atoms with Crippen LogP contribution in [0.5, 0.6) is 0 Å². The number of ether oxygens (including phenoxy) is 1. The molecule has 1 saturated heterocycles. The molecule has 0 saturated carbocycles. The minimum atomic E-state index is -0.358. The van der Waals surface area contributed by atoms with Crippen molar-refractivity contribution < 1.29 is 9.53 Å². The number of rotatable bonds is 4. The number of carbonyl (C=O) groups excluding carboxylic acids is 1. The lowest BCUT2D eigenvalue weighted by Crippen LogP contribution is -2.43. The van der Waals surface area contributed by atoms with Crippen LogP contribution in [0.2, 0.25) is 0 Å². The average molecular weight is 276 g/mol. The van der Waals surface area contributed by atoms with Crippen LogP contribution in [0.25, 0.3) is 0 Å². The van der Waals surface area contributed by atoms with Gasteiger partial charge in [0, 0.05) is 7.11 Å². The summed E-state index contributed by atoms with van der Waals surface area (Å²) in [6.45, 7) is 8.53. The topological polar surface area (TPSA) is 41.6 Å². The van der Waals surface area contributed by atoms with Crippen LogP contribution in [-0.2, 0) is 9.53 Å². The smallest absolute Gasteiger partial charge is 0.241 e. The highest BCUT2D eigenvalue weighted by molar-refractivity contribution is 5.84. The van der Waals surface area contributed by atoms with Crippen LogP contribution in [0.3, 0.4) is 0 Å². The summed E-state index contributed by atoms with van der Waals surface area (Å²) in [7, 11) is 1.68. The maximum Gasteiger partial charge on any atom is 0.241 e. The van der Waals surface area contributed by atoms with Gasteiger partial charge in [0.05, 0.1) is 18.2 Å². The Morgan fingerprint density at radius 1 is 1.40 bits per heavy atom. The lowest BCUT2D eigenvalue weighted by Gasteiger charge is -2.32. The summed E-state index contributed by atoms with van der Waals surface area (Å²) in [5, 5.41) is 3.36. The van der Waals surface area contributed by atoms with E-state index in [-0.39, 0.29) is 23.7 Å². The molecular weight excluding hydrogens is 252 g/mol. The van der Waals surface area contributed by atoms with Crippen LogP contribution in [-0.4, -0.2) is 36.1 Å². The van der Waals surface area contributed by atoms with Gasteiger partial charge in [-0.25, -0.2) is 0 Å². The lowest BCUT2D eigenvalue weighted by atomic mass is 10.1. The molecule has 1 heterocycles. The number of hydrogen-bond acceptors (Lipinski definition) is 3. The van der Waals surface area contributed by atoms with Gasteiger partial charge < -0.3 is 9.64 Å². The van der Waals surface area contributed by atoms with Gasteiger partial charge in [0.1, 0.15) is 6.17 Å². The van der Waals surface area contributed by atoms with Crippen molar-refractivity contribution in [1.29, 1.82) is 0 Å². The van der Waals surface area contributed by atoms with Crippen LogP contribution < -0.4 is 5.32 Å². The summed E-state index contributed by atoms with van der Waals surface area (Å²) in [6.07, 6.45) is -0.0770. The monoisotopic (exact) mass is 276 g/mol. The zero-order chi connectivity index (χ0) is 14.9. The van der Waals surface area contributed by atoms with E-state index in [1.165, 1.54) is 5.56 Å². The van der Waals surface area contributed by atoms with E-state index in [0.29, 0.717) is 6.54 Å². The van der Waals surface area contributed by atoms with E-state index in [4.69, 9.17) is 4.74 Å². The second-order valence-electron chi connectivity index (χ2n) is 6.13. The molecule has 1 aromatic carbocycles. The molecule has 0 radical (unpaired) electrons. The van der Waals surface area contributed by atoms with Crippen molar-refractivity contribution in [2.45, 2.75) is 45.5 Å². The Bertz CT molecular complexity index is 499. The Morgan fingerprint density at radius 3 is 2.70 bits per heavy atom. The summed E-state index contributed by atoms with van der Waals surface area (Å²) in [6, 6.07) is 8.11. The number of amides is 1. The fraction of sp³-hybridized carbons (Fsp3) is 0.562. The first-order chi connectivity index (χ1) is 9.34. The third-order valence-electron chi connectivity index (χ3n) is 3.83. The number of hydrogen-bond donors (Lipinski definition) is 1. The predicted molar refractivity (Wildman–Crippen MR) is 79.3 cm³/mol. The third kappa shape index (κ3) is 3.02. The summed E-state index contributed by atoms with van der Waals surface area (Å²) in [5.41, 5.74) is 1.96. The maximum absolute atomic E-state index is 12.4. The molecule has 20 heavy (non-hydrogen) atoms. The van der Waals surface area contributed by atoms with Crippen molar-refractivity contribution in [2.75, 3.05) is 13.7 Å². The third-order valence-corrected chi connectivity index (χ3v) is 3.83. The normalized spacial score (nSPS) is 23.4. The van der Waals surface area contributed by atoms with E-state index in [1.54, 1.807) is 7.11 Å². The van der Waals surface area contributed by atoms with Crippen molar-refractivity contribution in [2.24, 2.45) is 0 Å². The molecule has 1 aliphatic rings. The summed E-state index contributed by atoms with van der Waals surface area (Å²) in [4.78, 5) is 14.3. The first-order valence-electron chi connectivity index (χ1n) is 7.02. The zero-order valence-electron chi connectivity index (χ0n) is 12.9. The molecule has 1 amide bonds. The van der Waals surface area contributed by atoms with E-state index >= 15 is 0 Å². The molecule has 1 aliphatic heterocycles. The second kappa shape index (κ2) is 5.54. The van der Waals surface area contributed by atoms with E-state index < -0.39 is 0 Å². The van der Waals surface area contributed by atoms with Crippen molar-refractivity contribution in [3.05, 3.63) is 35.4 Å². The molecule has 0 spiro atoms. The van der Waals surface area contributed by atoms with Crippen molar-refractivity contribution in [3.63, 3.8) is 0 Å². The number of nitrogens with zero attached hydrogens (tertiary/aromatic N) is 1. The SMILES string of the molecule is COC(C)(C)CN1C(=O)C(C)NC1c1cccc(C)c1. The molecule has 0 aromatic heterocycles. The minimum absolute atomic E-state index is 0.0770. The van der Waals surface area contributed by atoms with Crippen LogP contribution in [0.1, 0.15) is 38.1 Å². The van der Waals surface area contributed by atoms with Gasteiger partial charge in [-0.3, -0.25) is 10.1 Å². The summed E-state index contributed by atoms with van der Waals surface area (Å²) >= 11 is 0. The molecule has 2 unspecified atom stereocenters. The summed E-state index contributed by atoms with van der Waals surface area (Å²) in [5.74, 6) is 0.127. The number of carbonyl (C=O) groups is 1. The van der Waals surface area contributed by atoms with E-state index in [2.05, 4.69) is 30.4 Å². The summed E-state index contributed by atoms with van der Waals surface area (Å²) < 4.78 is 5.47. The minimum Gasteiger partial charge on any atom is -0.377 e. The molecule has 0 bridgehead atoms. The van der Waals surface area contributed by atoms with Crippen LogP contribution in [0.4, 0.5) is 0 Å². The van der Waals surface area contributed by atoms with Gasteiger partial charge >= 0.3 is 0 Å². The molecule has 0 aliphatic carbocycles. The predicted octanol–water partition coefficient (Wildman–Crippen LogP) is 2.24. The highest BCUT2D eigenvalue weighted by atomic mass is 16.5. The maximum atomic E-state index is 12.4. The quantitative estimate of drug-likeness (QED) is 0.917. The lowest BCUT2D eigenvalue weighted by molar-refractivity contribution is -0.133. The van der Waals surface area contributed by atoms with Gasteiger partial charge in [-0.05, 0) is 33.3 Å². The first kappa shape index (κ1) is 15.0. The highest BCUT2D eigenvalue weighted by Gasteiger charge is 2.39. The molecule has 4 heteroatoms. The van der Waals surface area contributed by atoms with E-state index in [1.807, 2.05) is 31.7 Å². The highest BCUT2D eigenvalue weighted by Crippen LogP contribution is 2.28. The Kier molecular flexibility index (Phi) is 4.16. The van der Waals surface area contributed by atoms with Gasteiger partial charge in [-0.1, -0.05) is 29.8 Å². The van der Waals surface area contributed by atoms with Gasteiger partial charge in [0.25, 0.3) is 0 Å². The molecule has 2 atom stereocenters. The molecule has 1 N–H and O–H groups in total. The molecule has 2 rings (SSSR count). The van der Waals surface area contributed by atoms with Crippen LogP contribution in [0.15, 0.2) is 24.3 Å². The van der Waals surface area contributed by atoms with Gasteiger partial charge in [-0.2, -0.15) is 0 Å². The van der Waals surface area contributed by atoms with Gasteiger partial charge in [0.2, 0.25) is 5.91 Å². The fourth-order valence-electron chi connectivity index (χ4n) is 2.53. The molecule has 110 valence electrons. The molecular formula is C16H24N2O2. The van der Waals surface area contributed by atoms with Crippen molar-refractivity contribution in [3.8, 4) is 0 Å². The van der Waals surface area contributed by atoms with Crippen molar-refractivity contribution >= 4 is 5.91 Å². The number of nitrogens with one attached hydrogen (secondary N) is 1. The second-order valence-corrected chi connectivity index (χ2v) is 6.13. The van der Waals surface area contributed by atoms with Crippen LogP contribution >= 0.6 is 0 Å². The van der Waals surface area contributed by atoms with Gasteiger partial charge in [-0.15, -0.1) is 0 Å². The number of methoxy groups -OCH3 is 1. The van der Waals surface area contributed by atoms with E-state index in [0.717, 1.165) is 5.56 Å².